The van der Waals surface area contributed by atoms with Gasteiger partial charge in [0.2, 0.25) is 0 Å². The van der Waals surface area contributed by atoms with E-state index in [4.69, 9.17) is 10.2 Å². The maximum atomic E-state index is 8.80. The molecule has 0 bridgehead atoms. The van der Waals surface area contributed by atoms with Crippen molar-refractivity contribution in [3.05, 3.63) is 24.3 Å². The molecular weight excluding hydrogens is 128 g/mol. The van der Waals surface area contributed by atoms with Crippen molar-refractivity contribution in [2.24, 2.45) is 0 Å². The van der Waals surface area contributed by atoms with Gasteiger partial charge in [-0.05, 0) is 13.3 Å². The van der Waals surface area contributed by atoms with Crippen LogP contribution in [0.2, 0.25) is 0 Å². The zero-order valence-electron chi connectivity index (χ0n) is 6.20. The normalized spacial score (nSPS) is 15.1. The second-order valence-electron chi connectivity index (χ2n) is 1.98. The molecule has 0 aromatic carbocycles. The molecule has 0 fully saturated rings. The first-order chi connectivity index (χ1) is 4.81. The zero-order chi connectivity index (χ0) is 7.82. The molecule has 0 saturated heterocycles. The van der Waals surface area contributed by atoms with Crippen LogP contribution in [0.15, 0.2) is 24.3 Å². The highest BCUT2D eigenvalue weighted by atomic mass is 16.3. The van der Waals surface area contributed by atoms with Crippen LogP contribution in [0.25, 0.3) is 0 Å². The molecule has 0 aliphatic rings. The van der Waals surface area contributed by atoms with Crippen molar-refractivity contribution in [1.29, 1.82) is 0 Å². The lowest BCUT2D eigenvalue weighted by atomic mass is 10.3. The van der Waals surface area contributed by atoms with Crippen molar-refractivity contribution in [3.8, 4) is 0 Å². The van der Waals surface area contributed by atoms with Crippen molar-refractivity contribution in [2.45, 2.75) is 19.4 Å². The van der Waals surface area contributed by atoms with Gasteiger partial charge in [-0.15, -0.1) is 0 Å². The van der Waals surface area contributed by atoms with E-state index in [9.17, 15) is 0 Å². The van der Waals surface area contributed by atoms with Crippen LogP contribution in [0.3, 0.4) is 0 Å². The Morgan fingerprint density at radius 1 is 1.40 bits per heavy atom. The van der Waals surface area contributed by atoms with E-state index in [-0.39, 0.29) is 6.61 Å². The van der Waals surface area contributed by atoms with E-state index >= 15 is 0 Å². The van der Waals surface area contributed by atoms with Crippen molar-refractivity contribution in [2.75, 3.05) is 6.61 Å². The Morgan fingerprint density at radius 3 is 2.60 bits per heavy atom. The molecule has 0 spiro atoms. The van der Waals surface area contributed by atoms with Gasteiger partial charge < -0.3 is 10.2 Å². The molecule has 1 unspecified atom stereocenters. The van der Waals surface area contributed by atoms with Crippen LogP contribution in [-0.2, 0) is 0 Å². The zero-order valence-corrected chi connectivity index (χ0v) is 6.20. The van der Waals surface area contributed by atoms with Gasteiger partial charge in [0.25, 0.3) is 0 Å². The van der Waals surface area contributed by atoms with Gasteiger partial charge in [0, 0.05) is 0 Å². The van der Waals surface area contributed by atoms with Crippen LogP contribution < -0.4 is 0 Å². The molecule has 1 atom stereocenters. The minimum atomic E-state index is -0.703. The monoisotopic (exact) mass is 142 g/mol. The average Bonchev–Trinajstić information content (AvgIpc) is 1.98. The van der Waals surface area contributed by atoms with Gasteiger partial charge in [-0.3, -0.25) is 0 Å². The maximum absolute atomic E-state index is 8.80. The Bertz CT molecular complexity index is 116. The third-order valence-electron chi connectivity index (χ3n) is 1.05. The number of hydrogen-bond acceptors (Lipinski definition) is 2. The molecule has 0 aliphatic carbocycles. The molecule has 0 radical (unpaired) electrons. The Morgan fingerprint density at radius 2 is 2.10 bits per heavy atom. The van der Waals surface area contributed by atoms with Crippen molar-refractivity contribution >= 4 is 0 Å². The molecule has 2 N–H and O–H groups in total. The van der Waals surface area contributed by atoms with Crippen molar-refractivity contribution in [1.82, 2.24) is 0 Å². The quantitative estimate of drug-likeness (QED) is 0.571. The summed E-state index contributed by atoms with van der Waals surface area (Å²) >= 11 is 0. The number of allylic oxidation sites excluding steroid dienone is 3. The van der Waals surface area contributed by atoms with E-state index in [1.54, 1.807) is 6.08 Å². The van der Waals surface area contributed by atoms with Gasteiger partial charge in [0.15, 0.2) is 0 Å². The lowest BCUT2D eigenvalue weighted by molar-refractivity contribution is 0.131. The van der Waals surface area contributed by atoms with E-state index < -0.39 is 6.10 Å². The highest BCUT2D eigenvalue weighted by Gasteiger charge is 1.90. The van der Waals surface area contributed by atoms with Gasteiger partial charge in [0.1, 0.15) is 0 Å². The van der Waals surface area contributed by atoms with Crippen molar-refractivity contribution < 1.29 is 10.2 Å². The topological polar surface area (TPSA) is 40.5 Å². The summed E-state index contributed by atoms with van der Waals surface area (Å²) in [5, 5.41) is 17.2. The summed E-state index contributed by atoms with van der Waals surface area (Å²) in [5.74, 6) is 0. The molecular formula is C8H14O2. The fourth-order valence-electron chi connectivity index (χ4n) is 0.511. The van der Waals surface area contributed by atoms with Gasteiger partial charge in [0.05, 0.1) is 12.7 Å². The predicted molar refractivity (Wildman–Crippen MR) is 41.7 cm³/mol. The van der Waals surface area contributed by atoms with E-state index in [1.807, 2.05) is 25.2 Å². The van der Waals surface area contributed by atoms with Crippen LogP contribution in [0, 0.1) is 0 Å². The Labute approximate surface area is 61.5 Å². The van der Waals surface area contributed by atoms with Gasteiger partial charge >= 0.3 is 0 Å². The second kappa shape index (κ2) is 6.52. The predicted octanol–water partition coefficient (Wildman–Crippen LogP) is 0.862. The lowest BCUT2D eigenvalue weighted by Crippen LogP contribution is -2.06. The summed E-state index contributed by atoms with van der Waals surface area (Å²) in [6.45, 7) is 1.74. The molecule has 10 heavy (non-hydrogen) atoms. The average molecular weight is 142 g/mol. The van der Waals surface area contributed by atoms with Crippen LogP contribution >= 0.6 is 0 Å². The lowest BCUT2D eigenvalue weighted by Gasteiger charge is -1.96. The summed E-state index contributed by atoms with van der Waals surface area (Å²) in [7, 11) is 0. The van der Waals surface area contributed by atoms with E-state index in [0.717, 1.165) is 6.42 Å². The Hall–Kier alpha value is -0.600. The first kappa shape index (κ1) is 9.40. The summed E-state index contributed by atoms with van der Waals surface area (Å²) in [6, 6.07) is 0. The molecule has 0 heterocycles. The van der Waals surface area contributed by atoms with Gasteiger partial charge in [-0.1, -0.05) is 24.3 Å². The first-order valence-electron chi connectivity index (χ1n) is 3.38. The van der Waals surface area contributed by atoms with Crippen LogP contribution in [-0.4, -0.2) is 22.9 Å². The first-order valence-corrected chi connectivity index (χ1v) is 3.38. The summed E-state index contributed by atoms with van der Waals surface area (Å²) in [6.07, 6.45) is 7.43. The molecule has 58 valence electrons. The number of rotatable bonds is 4. The smallest absolute Gasteiger partial charge is 0.0951 e. The Balaban J connectivity index is 3.35. The molecule has 0 aliphatic heterocycles. The minimum Gasteiger partial charge on any atom is -0.393 e. The standard InChI is InChI=1S/C8H14O2/c1-2-3-4-5-6-8(10)7-9/h2-3,5-6,8-10H,4,7H2,1H3/b3-2+,6-5+. The van der Waals surface area contributed by atoms with Crippen LogP contribution in [0.5, 0.6) is 0 Å². The molecule has 2 nitrogen and oxygen atoms in total. The molecule has 0 aromatic rings. The fourth-order valence-corrected chi connectivity index (χ4v) is 0.511. The fraction of sp³-hybridized carbons (Fsp3) is 0.500. The molecule has 2 heteroatoms. The van der Waals surface area contributed by atoms with Crippen molar-refractivity contribution in [3.63, 3.8) is 0 Å². The van der Waals surface area contributed by atoms with Crippen LogP contribution in [0.4, 0.5) is 0 Å². The second-order valence-corrected chi connectivity index (χ2v) is 1.98. The summed E-state index contributed by atoms with van der Waals surface area (Å²) in [4.78, 5) is 0. The Kier molecular flexibility index (Phi) is 6.13. The largest absolute Gasteiger partial charge is 0.393 e. The molecule has 0 amide bonds. The van der Waals surface area contributed by atoms with E-state index in [2.05, 4.69) is 0 Å². The SMILES string of the molecule is C/C=C/C/C=C/C(O)CO. The van der Waals surface area contributed by atoms with Crippen LogP contribution in [0.1, 0.15) is 13.3 Å². The third-order valence-corrected chi connectivity index (χ3v) is 1.05. The van der Waals surface area contributed by atoms with Gasteiger partial charge in [-0.2, -0.15) is 0 Å². The number of aliphatic hydroxyl groups is 2. The number of aliphatic hydroxyl groups excluding tert-OH is 2. The highest BCUT2D eigenvalue weighted by Crippen LogP contribution is 1.89. The van der Waals surface area contributed by atoms with E-state index in [0.29, 0.717) is 0 Å². The summed E-state index contributed by atoms with van der Waals surface area (Å²) < 4.78 is 0. The van der Waals surface area contributed by atoms with Gasteiger partial charge in [-0.25, -0.2) is 0 Å². The molecule has 0 saturated carbocycles. The highest BCUT2D eigenvalue weighted by molar-refractivity contribution is 4.94. The molecule has 0 aromatic heterocycles. The van der Waals surface area contributed by atoms with E-state index in [1.165, 1.54) is 0 Å². The summed E-state index contributed by atoms with van der Waals surface area (Å²) in [5.41, 5.74) is 0. The molecule has 0 rings (SSSR count). The third kappa shape index (κ3) is 5.54. The number of hydrogen-bond donors (Lipinski definition) is 2. The minimum absolute atomic E-state index is 0.202. The maximum Gasteiger partial charge on any atom is 0.0951 e.